The SMILES string of the molecule is Cc1c(C(=O)N(C)C2CCOC2)cnn1CCCN. The molecule has 1 aliphatic heterocycles. The average molecular weight is 266 g/mol. The molecule has 0 aliphatic carbocycles. The number of carbonyl (C=O) groups excluding carboxylic acids is 1. The van der Waals surface area contributed by atoms with Crippen LogP contribution in [0.2, 0.25) is 0 Å². The maximum absolute atomic E-state index is 12.4. The van der Waals surface area contributed by atoms with Gasteiger partial charge < -0.3 is 15.4 Å². The van der Waals surface area contributed by atoms with Crippen molar-refractivity contribution >= 4 is 5.91 Å². The molecule has 1 saturated heterocycles. The normalized spacial score (nSPS) is 18.8. The van der Waals surface area contributed by atoms with Crippen molar-refractivity contribution < 1.29 is 9.53 Å². The molecular formula is C13H22N4O2. The quantitative estimate of drug-likeness (QED) is 0.837. The molecule has 0 radical (unpaired) electrons. The van der Waals surface area contributed by atoms with Gasteiger partial charge in [-0.1, -0.05) is 0 Å². The number of nitrogens with zero attached hydrogens (tertiary/aromatic N) is 3. The van der Waals surface area contributed by atoms with Crippen LogP contribution in [0.15, 0.2) is 6.20 Å². The van der Waals surface area contributed by atoms with E-state index in [1.54, 1.807) is 11.1 Å². The highest BCUT2D eigenvalue weighted by Gasteiger charge is 2.26. The minimum absolute atomic E-state index is 0.0204. The van der Waals surface area contributed by atoms with E-state index >= 15 is 0 Å². The van der Waals surface area contributed by atoms with E-state index in [-0.39, 0.29) is 11.9 Å². The molecule has 2 heterocycles. The summed E-state index contributed by atoms with van der Waals surface area (Å²) in [6, 6.07) is 0.180. The number of aryl methyl sites for hydroxylation is 1. The molecule has 2 N–H and O–H groups in total. The second-order valence-electron chi connectivity index (χ2n) is 4.94. The molecule has 0 saturated carbocycles. The molecular weight excluding hydrogens is 244 g/mol. The molecule has 1 atom stereocenters. The fourth-order valence-electron chi connectivity index (χ4n) is 2.31. The van der Waals surface area contributed by atoms with E-state index in [1.165, 1.54) is 0 Å². The molecule has 19 heavy (non-hydrogen) atoms. The van der Waals surface area contributed by atoms with Gasteiger partial charge in [-0.05, 0) is 26.3 Å². The molecule has 106 valence electrons. The number of likely N-dealkylation sites (N-methyl/N-ethyl adjacent to an activating group) is 1. The number of carbonyl (C=O) groups is 1. The third kappa shape index (κ3) is 2.96. The zero-order valence-electron chi connectivity index (χ0n) is 11.6. The van der Waals surface area contributed by atoms with Crippen molar-refractivity contribution in [3.8, 4) is 0 Å². The monoisotopic (exact) mass is 266 g/mol. The molecule has 0 aromatic carbocycles. The molecule has 1 aromatic heterocycles. The largest absolute Gasteiger partial charge is 0.379 e. The number of hydrogen-bond acceptors (Lipinski definition) is 4. The first-order valence-electron chi connectivity index (χ1n) is 6.72. The number of amides is 1. The van der Waals surface area contributed by atoms with Crippen LogP contribution in [0.3, 0.4) is 0 Å². The highest BCUT2D eigenvalue weighted by molar-refractivity contribution is 5.95. The molecule has 2 rings (SSSR count). The fraction of sp³-hybridized carbons (Fsp3) is 0.692. The van der Waals surface area contributed by atoms with E-state index in [2.05, 4.69) is 5.10 Å². The molecule has 6 heteroatoms. The molecule has 6 nitrogen and oxygen atoms in total. The Bertz CT molecular complexity index is 438. The third-order valence-corrected chi connectivity index (χ3v) is 3.68. The Morgan fingerprint density at radius 1 is 1.68 bits per heavy atom. The average Bonchev–Trinajstić information content (AvgIpc) is 3.05. The standard InChI is InChI=1S/C13H22N4O2/c1-10-12(8-15-17(10)6-3-5-14)13(18)16(2)11-4-7-19-9-11/h8,11H,3-7,9,14H2,1-2H3. The van der Waals surface area contributed by atoms with Crippen molar-refractivity contribution in [3.63, 3.8) is 0 Å². The maximum atomic E-state index is 12.4. The number of ether oxygens (including phenoxy) is 1. The van der Waals surface area contributed by atoms with Gasteiger partial charge in [0.05, 0.1) is 24.4 Å². The topological polar surface area (TPSA) is 73.4 Å². The fourth-order valence-corrected chi connectivity index (χ4v) is 2.31. The molecule has 1 unspecified atom stereocenters. The lowest BCUT2D eigenvalue weighted by molar-refractivity contribution is 0.0710. The zero-order chi connectivity index (χ0) is 13.8. The van der Waals surface area contributed by atoms with Crippen molar-refractivity contribution in [2.75, 3.05) is 26.8 Å². The van der Waals surface area contributed by atoms with Crippen molar-refractivity contribution in [3.05, 3.63) is 17.5 Å². The lowest BCUT2D eigenvalue weighted by Crippen LogP contribution is -2.37. The number of hydrogen-bond donors (Lipinski definition) is 1. The van der Waals surface area contributed by atoms with Crippen LogP contribution < -0.4 is 5.73 Å². The Morgan fingerprint density at radius 3 is 3.11 bits per heavy atom. The summed E-state index contributed by atoms with van der Waals surface area (Å²) in [6.45, 7) is 4.67. The summed E-state index contributed by atoms with van der Waals surface area (Å²) in [5.74, 6) is 0.0204. The second kappa shape index (κ2) is 6.16. The molecule has 0 bridgehead atoms. The number of aromatic nitrogens is 2. The van der Waals surface area contributed by atoms with E-state index < -0.39 is 0 Å². The van der Waals surface area contributed by atoms with Crippen LogP contribution in [0.25, 0.3) is 0 Å². The highest BCUT2D eigenvalue weighted by atomic mass is 16.5. The predicted molar refractivity (Wildman–Crippen MR) is 72.0 cm³/mol. The second-order valence-corrected chi connectivity index (χ2v) is 4.94. The first-order valence-corrected chi connectivity index (χ1v) is 6.72. The Labute approximate surface area is 113 Å². The van der Waals surface area contributed by atoms with E-state index in [4.69, 9.17) is 10.5 Å². The van der Waals surface area contributed by atoms with E-state index in [0.717, 1.165) is 31.7 Å². The van der Waals surface area contributed by atoms with Crippen LogP contribution in [0.5, 0.6) is 0 Å². The maximum Gasteiger partial charge on any atom is 0.257 e. The first kappa shape index (κ1) is 14.0. The molecule has 1 fully saturated rings. The van der Waals surface area contributed by atoms with Crippen LogP contribution >= 0.6 is 0 Å². The Morgan fingerprint density at radius 2 is 2.47 bits per heavy atom. The Hall–Kier alpha value is -1.40. The van der Waals surface area contributed by atoms with Crippen molar-refractivity contribution in [1.29, 1.82) is 0 Å². The number of rotatable bonds is 5. The summed E-state index contributed by atoms with van der Waals surface area (Å²) in [4.78, 5) is 14.2. The molecule has 1 amide bonds. The van der Waals surface area contributed by atoms with Gasteiger partial charge in [-0.15, -0.1) is 0 Å². The zero-order valence-corrected chi connectivity index (χ0v) is 11.6. The van der Waals surface area contributed by atoms with Crippen LogP contribution in [0.4, 0.5) is 0 Å². The smallest absolute Gasteiger partial charge is 0.257 e. The van der Waals surface area contributed by atoms with Gasteiger partial charge in [0.1, 0.15) is 0 Å². The minimum Gasteiger partial charge on any atom is -0.379 e. The Kier molecular flexibility index (Phi) is 4.55. The van der Waals surface area contributed by atoms with Crippen LogP contribution in [-0.4, -0.2) is 53.4 Å². The molecule has 1 aliphatic rings. The van der Waals surface area contributed by atoms with Gasteiger partial charge in [0, 0.05) is 25.9 Å². The van der Waals surface area contributed by atoms with Crippen LogP contribution in [0.1, 0.15) is 28.9 Å². The van der Waals surface area contributed by atoms with E-state index in [9.17, 15) is 4.79 Å². The molecule has 1 aromatic rings. The van der Waals surface area contributed by atoms with Gasteiger partial charge >= 0.3 is 0 Å². The van der Waals surface area contributed by atoms with Gasteiger partial charge in [0.2, 0.25) is 0 Å². The van der Waals surface area contributed by atoms with Gasteiger partial charge in [0.15, 0.2) is 0 Å². The predicted octanol–water partition coefficient (Wildman–Crippen LogP) is 0.401. The van der Waals surface area contributed by atoms with E-state index in [0.29, 0.717) is 18.7 Å². The van der Waals surface area contributed by atoms with E-state index in [1.807, 2.05) is 18.7 Å². The first-order chi connectivity index (χ1) is 9.15. The van der Waals surface area contributed by atoms with Gasteiger partial charge in [-0.3, -0.25) is 9.48 Å². The third-order valence-electron chi connectivity index (χ3n) is 3.68. The summed E-state index contributed by atoms with van der Waals surface area (Å²) in [5, 5.41) is 4.27. The number of nitrogens with two attached hydrogens (primary N) is 1. The van der Waals surface area contributed by atoms with Crippen molar-refractivity contribution in [1.82, 2.24) is 14.7 Å². The van der Waals surface area contributed by atoms with Crippen LogP contribution in [0, 0.1) is 6.92 Å². The van der Waals surface area contributed by atoms with Crippen molar-refractivity contribution in [2.45, 2.75) is 32.4 Å². The lowest BCUT2D eigenvalue weighted by atomic mass is 10.2. The lowest BCUT2D eigenvalue weighted by Gasteiger charge is -2.22. The summed E-state index contributed by atoms with van der Waals surface area (Å²) in [6.07, 6.45) is 3.42. The van der Waals surface area contributed by atoms with Gasteiger partial charge in [-0.2, -0.15) is 5.10 Å². The molecule has 0 spiro atoms. The summed E-state index contributed by atoms with van der Waals surface area (Å²) in [5.41, 5.74) is 7.07. The highest BCUT2D eigenvalue weighted by Crippen LogP contribution is 2.16. The van der Waals surface area contributed by atoms with Crippen molar-refractivity contribution in [2.24, 2.45) is 5.73 Å². The van der Waals surface area contributed by atoms with Gasteiger partial charge in [-0.25, -0.2) is 0 Å². The Balaban J connectivity index is 2.08. The van der Waals surface area contributed by atoms with Crippen LogP contribution in [-0.2, 0) is 11.3 Å². The summed E-state index contributed by atoms with van der Waals surface area (Å²) < 4.78 is 7.17. The minimum atomic E-state index is 0.0204. The summed E-state index contributed by atoms with van der Waals surface area (Å²) >= 11 is 0. The summed E-state index contributed by atoms with van der Waals surface area (Å²) in [7, 11) is 1.83. The van der Waals surface area contributed by atoms with Gasteiger partial charge in [0.25, 0.3) is 5.91 Å².